The molecule has 2 aromatic carbocycles. The third-order valence-electron chi connectivity index (χ3n) is 2.95. The normalized spacial score (nSPS) is 11.1. The van der Waals surface area contributed by atoms with Crippen LogP contribution in [0, 0.1) is 6.92 Å². The summed E-state index contributed by atoms with van der Waals surface area (Å²) in [7, 11) is 0. The molecule has 0 radical (unpaired) electrons. The molecule has 0 aliphatic heterocycles. The van der Waals surface area contributed by atoms with Gasteiger partial charge in [0.05, 0.1) is 5.02 Å². The molecule has 0 amide bonds. The third kappa shape index (κ3) is 2.42. The number of halogens is 2. The molecule has 1 nitrogen and oxygen atoms in total. The Morgan fingerprint density at radius 1 is 1.11 bits per heavy atom. The molecular weight excluding hydrogens is 342 g/mol. The summed E-state index contributed by atoms with van der Waals surface area (Å²) in [6.07, 6.45) is 0. The van der Waals surface area contributed by atoms with Crippen LogP contribution in [-0.2, 0) is 0 Å². The Bertz CT molecular complexity index is 751. The van der Waals surface area contributed by atoms with Gasteiger partial charge >= 0.3 is 0 Å². The fourth-order valence-electron chi connectivity index (χ4n) is 2.07. The summed E-state index contributed by atoms with van der Waals surface area (Å²) in [6.45, 7) is 2.09. The molecule has 0 aliphatic rings. The summed E-state index contributed by atoms with van der Waals surface area (Å²) in [4.78, 5) is 5.70. The Morgan fingerprint density at radius 2 is 1.89 bits per heavy atom. The second-order valence-corrected chi connectivity index (χ2v) is 6.59. The molecule has 0 aliphatic carbocycles. The first-order valence-electron chi connectivity index (χ1n) is 5.86. The van der Waals surface area contributed by atoms with Crippen LogP contribution in [-0.4, -0.2) is 4.98 Å². The first-order valence-corrected chi connectivity index (χ1v) is 7.85. The molecule has 0 atom stereocenters. The smallest absolute Gasteiger partial charge is 0.0545 e. The van der Waals surface area contributed by atoms with Crippen LogP contribution in [0.15, 0.2) is 56.7 Å². The lowest BCUT2D eigenvalue weighted by molar-refractivity contribution is 1.22. The van der Waals surface area contributed by atoms with Gasteiger partial charge in [-0.2, -0.15) is 0 Å². The number of aromatic nitrogens is 1. The lowest BCUT2D eigenvalue weighted by Crippen LogP contribution is -1.78. The molecule has 1 aromatic heterocycles. The number of fused-ring (bicyclic) bond motifs is 1. The van der Waals surface area contributed by atoms with Gasteiger partial charge in [-0.1, -0.05) is 57.5 Å². The summed E-state index contributed by atoms with van der Waals surface area (Å²) in [5.41, 5.74) is 2.30. The van der Waals surface area contributed by atoms with Crippen molar-refractivity contribution >= 4 is 50.2 Å². The molecule has 0 saturated heterocycles. The molecule has 1 N–H and O–H groups in total. The number of nitrogens with one attached hydrogen (secondary N) is 1. The SMILES string of the molecule is Cc1[nH]c2cccc(Br)c2c1Sc1ccccc1Cl. The second kappa shape index (κ2) is 5.23. The highest BCUT2D eigenvalue weighted by Gasteiger charge is 2.13. The maximum absolute atomic E-state index is 6.24. The summed E-state index contributed by atoms with van der Waals surface area (Å²) in [6, 6.07) is 14.1. The van der Waals surface area contributed by atoms with Crippen LogP contribution in [0.2, 0.25) is 5.02 Å². The number of rotatable bonds is 2. The first-order chi connectivity index (χ1) is 9.16. The summed E-state index contributed by atoms with van der Waals surface area (Å²) >= 11 is 11.6. The second-order valence-electron chi connectivity index (χ2n) is 4.27. The molecule has 96 valence electrons. The average Bonchev–Trinajstić information content (AvgIpc) is 2.70. The Hall–Kier alpha value is -0.900. The maximum Gasteiger partial charge on any atom is 0.0545 e. The van der Waals surface area contributed by atoms with Gasteiger partial charge in [-0.15, -0.1) is 0 Å². The van der Waals surface area contributed by atoms with E-state index in [9.17, 15) is 0 Å². The molecule has 19 heavy (non-hydrogen) atoms. The standard InChI is InChI=1S/C15H11BrClNS/c1-9-15(19-13-8-3-2-6-11(13)17)14-10(16)5-4-7-12(14)18-9/h2-8,18H,1H3. The van der Waals surface area contributed by atoms with E-state index in [1.54, 1.807) is 11.8 Å². The summed E-state index contributed by atoms with van der Waals surface area (Å²) < 4.78 is 1.10. The van der Waals surface area contributed by atoms with Crippen LogP contribution in [0.5, 0.6) is 0 Å². The van der Waals surface area contributed by atoms with Gasteiger partial charge in [-0.25, -0.2) is 0 Å². The summed E-state index contributed by atoms with van der Waals surface area (Å²) in [5.74, 6) is 0. The molecule has 4 heteroatoms. The highest BCUT2D eigenvalue weighted by atomic mass is 79.9. The summed E-state index contributed by atoms with van der Waals surface area (Å²) in [5, 5.41) is 2.00. The van der Waals surface area contributed by atoms with E-state index in [0.29, 0.717) is 0 Å². The number of aromatic amines is 1. The van der Waals surface area contributed by atoms with Crippen molar-refractivity contribution in [2.45, 2.75) is 16.7 Å². The predicted octanol–water partition coefficient (Wildman–Crippen LogP) is 6.04. The fraction of sp³-hybridized carbons (Fsp3) is 0.0667. The van der Waals surface area contributed by atoms with Crippen LogP contribution in [0.25, 0.3) is 10.9 Å². The molecule has 1 heterocycles. The molecule has 3 rings (SSSR count). The van der Waals surface area contributed by atoms with E-state index < -0.39 is 0 Å². The molecular formula is C15H11BrClNS. The number of hydrogen-bond acceptors (Lipinski definition) is 1. The lowest BCUT2D eigenvalue weighted by Gasteiger charge is -2.05. The number of benzene rings is 2. The van der Waals surface area contributed by atoms with Crippen LogP contribution in [0.3, 0.4) is 0 Å². The van der Waals surface area contributed by atoms with Gasteiger partial charge in [0, 0.05) is 30.9 Å². The largest absolute Gasteiger partial charge is 0.358 e. The Morgan fingerprint density at radius 3 is 2.68 bits per heavy atom. The van der Waals surface area contributed by atoms with Crippen molar-refractivity contribution in [2.24, 2.45) is 0 Å². The monoisotopic (exact) mass is 351 g/mol. The van der Waals surface area contributed by atoms with E-state index in [0.717, 1.165) is 25.6 Å². The van der Waals surface area contributed by atoms with E-state index in [2.05, 4.69) is 40.0 Å². The van der Waals surface area contributed by atoms with E-state index in [-0.39, 0.29) is 0 Å². The molecule has 0 bridgehead atoms. The Kier molecular flexibility index (Phi) is 3.61. The van der Waals surface area contributed by atoms with Gasteiger partial charge in [-0.3, -0.25) is 0 Å². The van der Waals surface area contributed by atoms with Crippen molar-refractivity contribution < 1.29 is 0 Å². The van der Waals surface area contributed by atoms with Crippen molar-refractivity contribution in [3.05, 3.63) is 57.7 Å². The zero-order valence-electron chi connectivity index (χ0n) is 10.2. The van der Waals surface area contributed by atoms with Crippen molar-refractivity contribution in [1.29, 1.82) is 0 Å². The van der Waals surface area contributed by atoms with Crippen molar-refractivity contribution in [3.8, 4) is 0 Å². The topological polar surface area (TPSA) is 15.8 Å². The van der Waals surface area contributed by atoms with E-state index >= 15 is 0 Å². The zero-order valence-corrected chi connectivity index (χ0v) is 13.4. The third-order valence-corrected chi connectivity index (χ3v) is 5.34. The molecule has 0 saturated carbocycles. The van der Waals surface area contributed by atoms with Crippen LogP contribution < -0.4 is 0 Å². The minimum absolute atomic E-state index is 0.785. The Balaban J connectivity index is 2.16. The van der Waals surface area contributed by atoms with Crippen molar-refractivity contribution in [2.75, 3.05) is 0 Å². The molecule has 0 spiro atoms. The lowest BCUT2D eigenvalue weighted by atomic mass is 10.2. The van der Waals surface area contributed by atoms with Gasteiger partial charge in [0.2, 0.25) is 0 Å². The van der Waals surface area contributed by atoms with Gasteiger partial charge in [0.25, 0.3) is 0 Å². The molecule has 0 unspecified atom stereocenters. The van der Waals surface area contributed by atoms with Crippen molar-refractivity contribution in [1.82, 2.24) is 4.98 Å². The van der Waals surface area contributed by atoms with E-state index in [1.807, 2.05) is 30.3 Å². The van der Waals surface area contributed by atoms with Gasteiger partial charge in [0.1, 0.15) is 0 Å². The van der Waals surface area contributed by atoms with Crippen molar-refractivity contribution in [3.63, 3.8) is 0 Å². The highest BCUT2D eigenvalue weighted by Crippen LogP contribution is 2.41. The van der Waals surface area contributed by atoms with Crippen LogP contribution in [0.1, 0.15) is 5.69 Å². The predicted molar refractivity (Wildman–Crippen MR) is 86.3 cm³/mol. The number of hydrogen-bond donors (Lipinski definition) is 1. The van der Waals surface area contributed by atoms with Gasteiger partial charge < -0.3 is 4.98 Å². The molecule has 3 aromatic rings. The zero-order chi connectivity index (χ0) is 13.4. The Labute approximate surface area is 129 Å². The van der Waals surface area contributed by atoms with E-state index in [1.165, 1.54) is 10.3 Å². The maximum atomic E-state index is 6.24. The highest BCUT2D eigenvalue weighted by molar-refractivity contribution is 9.10. The number of H-pyrrole nitrogens is 1. The van der Waals surface area contributed by atoms with Crippen LogP contribution in [0.4, 0.5) is 0 Å². The van der Waals surface area contributed by atoms with Gasteiger partial charge in [-0.05, 0) is 31.2 Å². The number of aryl methyl sites for hydroxylation is 1. The first kappa shape index (κ1) is 13.1. The minimum atomic E-state index is 0.785. The quantitative estimate of drug-likeness (QED) is 0.594. The van der Waals surface area contributed by atoms with Crippen LogP contribution >= 0.6 is 39.3 Å². The fourth-order valence-corrected chi connectivity index (χ4v) is 4.08. The molecule has 0 fully saturated rings. The average molecular weight is 353 g/mol. The minimum Gasteiger partial charge on any atom is -0.358 e. The van der Waals surface area contributed by atoms with E-state index in [4.69, 9.17) is 11.6 Å². The van der Waals surface area contributed by atoms with Gasteiger partial charge in [0.15, 0.2) is 0 Å².